The van der Waals surface area contributed by atoms with Crippen molar-refractivity contribution in [3.05, 3.63) is 28.8 Å². The highest BCUT2D eigenvalue weighted by Crippen LogP contribution is 2.43. The molecule has 0 radical (unpaired) electrons. The van der Waals surface area contributed by atoms with Crippen LogP contribution in [0.4, 0.5) is 0 Å². The van der Waals surface area contributed by atoms with Gasteiger partial charge in [-0.1, -0.05) is 11.6 Å². The first kappa shape index (κ1) is 18.5. The van der Waals surface area contributed by atoms with Gasteiger partial charge in [-0.15, -0.1) is 0 Å². The van der Waals surface area contributed by atoms with Crippen LogP contribution in [-0.4, -0.2) is 65.5 Å². The lowest BCUT2D eigenvalue weighted by Gasteiger charge is -2.45. The average molecular weight is 381 g/mol. The number of halogens is 1. The van der Waals surface area contributed by atoms with E-state index in [1.54, 1.807) is 35.0 Å². The van der Waals surface area contributed by atoms with Crippen molar-refractivity contribution in [2.45, 2.75) is 24.8 Å². The standard InChI is InChI=1S/C18H21ClN2O5/c1-20-15(22)10-14(17(24)25)18(20)3-5-21(6-4-18)16(23)11-7-12(19)9-13(8-11)26-2/h7-9,14H,3-6,10H2,1-2H3,(H,24,25)/t14-/m0/s1. The van der Waals surface area contributed by atoms with E-state index in [2.05, 4.69) is 0 Å². The normalized spacial score (nSPS) is 22.0. The maximum atomic E-state index is 12.8. The summed E-state index contributed by atoms with van der Waals surface area (Å²) >= 11 is 6.04. The second-order valence-corrected chi connectivity index (χ2v) is 7.26. The Hall–Kier alpha value is -2.28. The van der Waals surface area contributed by atoms with Gasteiger partial charge in [-0.25, -0.2) is 0 Å². The van der Waals surface area contributed by atoms with E-state index < -0.39 is 17.4 Å². The summed E-state index contributed by atoms with van der Waals surface area (Å²) in [5.74, 6) is -1.52. The van der Waals surface area contributed by atoms with Crippen LogP contribution in [0.25, 0.3) is 0 Å². The van der Waals surface area contributed by atoms with Gasteiger partial charge in [0.25, 0.3) is 5.91 Å². The smallest absolute Gasteiger partial charge is 0.309 e. The van der Waals surface area contributed by atoms with E-state index in [9.17, 15) is 19.5 Å². The molecule has 2 saturated heterocycles. The molecular formula is C18H21ClN2O5. The minimum Gasteiger partial charge on any atom is -0.497 e. The highest BCUT2D eigenvalue weighted by molar-refractivity contribution is 6.31. The molecule has 0 aliphatic carbocycles. The zero-order valence-corrected chi connectivity index (χ0v) is 15.5. The van der Waals surface area contributed by atoms with Crippen LogP contribution in [0.3, 0.4) is 0 Å². The van der Waals surface area contributed by atoms with E-state index in [4.69, 9.17) is 16.3 Å². The van der Waals surface area contributed by atoms with Crippen LogP contribution in [0.5, 0.6) is 5.75 Å². The van der Waals surface area contributed by atoms with Gasteiger partial charge >= 0.3 is 5.97 Å². The number of amides is 2. The molecule has 0 unspecified atom stereocenters. The van der Waals surface area contributed by atoms with Crippen LogP contribution in [-0.2, 0) is 9.59 Å². The Labute approximate surface area is 156 Å². The number of methoxy groups -OCH3 is 1. The van der Waals surface area contributed by atoms with Gasteiger partial charge in [0, 0.05) is 37.1 Å². The second kappa shape index (κ2) is 6.79. The summed E-state index contributed by atoms with van der Waals surface area (Å²) in [6, 6.07) is 4.84. The van der Waals surface area contributed by atoms with E-state index in [0.717, 1.165) is 0 Å². The summed E-state index contributed by atoms with van der Waals surface area (Å²) in [6.45, 7) is 0.768. The van der Waals surface area contributed by atoms with E-state index in [1.165, 1.54) is 7.11 Å². The fraction of sp³-hybridized carbons (Fsp3) is 0.500. The average Bonchev–Trinajstić information content (AvgIpc) is 2.86. The van der Waals surface area contributed by atoms with Crippen molar-refractivity contribution in [1.82, 2.24) is 9.80 Å². The number of likely N-dealkylation sites (tertiary alicyclic amines) is 2. The van der Waals surface area contributed by atoms with Gasteiger partial charge in [0.2, 0.25) is 5.91 Å². The number of aliphatic carboxylic acids is 1. The summed E-state index contributed by atoms with van der Waals surface area (Å²) in [4.78, 5) is 39.7. The third kappa shape index (κ3) is 3.00. The number of nitrogens with zero attached hydrogens (tertiary/aromatic N) is 2. The molecule has 7 nitrogen and oxygen atoms in total. The number of ether oxygens (including phenoxy) is 1. The van der Waals surface area contributed by atoms with E-state index in [0.29, 0.717) is 42.3 Å². The Kier molecular flexibility index (Phi) is 4.84. The van der Waals surface area contributed by atoms with Crippen LogP contribution in [0.2, 0.25) is 5.02 Å². The molecule has 1 N–H and O–H groups in total. The Morgan fingerprint density at radius 3 is 2.50 bits per heavy atom. The quantitative estimate of drug-likeness (QED) is 0.865. The number of rotatable bonds is 3. The lowest BCUT2D eigenvalue weighted by molar-refractivity contribution is -0.145. The molecular weight excluding hydrogens is 360 g/mol. The summed E-state index contributed by atoms with van der Waals surface area (Å²) in [6.07, 6.45) is 0.899. The summed E-state index contributed by atoms with van der Waals surface area (Å²) in [5.41, 5.74) is -0.290. The van der Waals surface area contributed by atoms with Gasteiger partial charge in [-0.2, -0.15) is 0 Å². The number of hydrogen-bond donors (Lipinski definition) is 1. The zero-order chi connectivity index (χ0) is 19.1. The van der Waals surface area contributed by atoms with Gasteiger partial charge < -0.3 is 19.6 Å². The first-order valence-electron chi connectivity index (χ1n) is 8.42. The fourth-order valence-corrected chi connectivity index (χ4v) is 4.29. The molecule has 2 heterocycles. The maximum absolute atomic E-state index is 12.8. The number of piperidine rings is 1. The van der Waals surface area contributed by atoms with E-state index >= 15 is 0 Å². The van der Waals surface area contributed by atoms with Crippen LogP contribution in [0.15, 0.2) is 18.2 Å². The van der Waals surface area contributed by atoms with Gasteiger partial charge in [-0.3, -0.25) is 14.4 Å². The largest absolute Gasteiger partial charge is 0.497 e. The van der Waals surface area contributed by atoms with E-state index in [-0.39, 0.29) is 18.2 Å². The third-order valence-corrected chi connectivity index (χ3v) is 5.86. The van der Waals surface area contributed by atoms with Crippen molar-refractivity contribution in [2.24, 2.45) is 5.92 Å². The van der Waals surface area contributed by atoms with Gasteiger partial charge in [0.15, 0.2) is 0 Å². The summed E-state index contributed by atoms with van der Waals surface area (Å²) in [7, 11) is 3.16. The molecule has 26 heavy (non-hydrogen) atoms. The number of carboxylic acid groups (broad SMARTS) is 1. The Morgan fingerprint density at radius 2 is 1.92 bits per heavy atom. The molecule has 1 atom stereocenters. The van der Waals surface area contributed by atoms with Crippen LogP contribution >= 0.6 is 11.6 Å². The maximum Gasteiger partial charge on any atom is 0.309 e. The number of hydrogen-bond acceptors (Lipinski definition) is 4. The van der Waals surface area contributed by atoms with Gasteiger partial charge in [0.05, 0.1) is 18.6 Å². The molecule has 8 heteroatoms. The molecule has 2 amide bonds. The Balaban J connectivity index is 1.78. The minimum absolute atomic E-state index is 0.0191. The highest BCUT2D eigenvalue weighted by Gasteiger charge is 2.55. The predicted octanol–water partition coefficient (Wildman–Crippen LogP) is 1.89. The molecule has 140 valence electrons. The number of carboxylic acids is 1. The Morgan fingerprint density at radius 1 is 1.27 bits per heavy atom. The predicted molar refractivity (Wildman–Crippen MR) is 94.4 cm³/mol. The molecule has 0 aromatic heterocycles. The zero-order valence-electron chi connectivity index (χ0n) is 14.7. The molecule has 2 aliphatic heterocycles. The summed E-state index contributed by atoms with van der Waals surface area (Å²) < 4.78 is 5.15. The SMILES string of the molecule is COc1cc(Cl)cc(C(=O)N2CCC3(CC2)[C@H](C(=O)O)CC(=O)N3C)c1. The van der Waals surface area contributed by atoms with Crippen molar-refractivity contribution in [1.29, 1.82) is 0 Å². The first-order valence-corrected chi connectivity index (χ1v) is 8.79. The monoisotopic (exact) mass is 380 g/mol. The topological polar surface area (TPSA) is 87.1 Å². The van der Waals surface area contributed by atoms with Crippen LogP contribution in [0.1, 0.15) is 29.6 Å². The molecule has 1 spiro atoms. The first-order chi connectivity index (χ1) is 12.3. The van der Waals surface area contributed by atoms with Gasteiger partial charge in [-0.05, 0) is 31.0 Å². The molecule has 2 fully saturated rings. The van der Waals surface area contributed by atoms with Crippen LogP contribution in [0, 0.1) is 5.92 Å². The number of carbonyl (C=O) groups excluding carboxylic acids is 2. The molecule has 0 saturated carbocycles. The minimum atomic E-state index is -0.956. The third-order valence-electron chi connectivity index (χ3n) is 5.64. The van der Waals surface area contributed by atoms with Crippen molar-refractivity contribution < 1.29 is 24.2 Å². The molecule has 1 aromatic carbocycles. The lowest BCUT2D eigenvalue weighted by Crippen LogP contribution is -2.56. The number of benzene rings is 1. The lowest BCUT2D eigenvalue weighted by atomic mass is 9.77. The number of carbonyl (C=O) groups is 3. The van der Waals surface area contributed by atoms with Gasteiger partial charge in [0.1, 0.15) is 5.75 Å². The Bertz CT molecular complexity index is 758. The van der Waals surface area contributed by atoms with Crippen molar-refractivity contribution in [3.63, 3.8) is 0 Å². The van der Waals surface area contributed by atoms with Crippen molar-refractivity contribution in [2.75, 3.05) is 27.2 Å². The van der Waals surface area contributed by atoms with Crippen molar-refractivity contribution >= 4 is 29.4 Å². The molecule has 1 aromatic rings. The van der Waals surface area contributed by atoms with Crippen LogP contribution < -0.4 is 4.74 Å². The molecule has 2 aliphatic rings. The second-order valence-electron chi connectivity index (χ2n) is 6.82. The van der Waals surface area contributed by atoms with E-state index in [1.807, 2.05) is 0 Å². The highest BCUT2D eigenvalue weighted by atomic mass is 35.5. The molecule has 3 rings (SSSR count). The van der Waals surface area contributed by atoms with Crippen molar-refractivity contribution in [3.8, 4) is 5.75 Å². The molecule has 0 bridgehead atoms. The summed E-state index contributed by atoms with van der Waals surface area (Å²) in [5, 5.41) is 9.93. The fourth-order valence-electron chi connectivity index (χ4n) is 4.07.